The van der Waals surface area contributed by atoms with Crippen LogP contribution < -0.4 is 0 Å². The highest BCUT2D eigenvalue weighted by Gasteiger charge is 2.32. The summed E-state index contributed by atoms with van der Waals surface area (Å²) < 4.78 is 10.2. The molecule has 13 heavy (non-hydrogen) atoms. The predicted molar refractivity (Wildman–Crippen MR) is 47.2 cm³/mol. The van der Waals surface area contributed by atoms with Crippen LogP contribution in [-0.4, -0.2) is 42.4 Å². The minimum atomic E-state index is -0.620. The number of aliphatic hydroxyl groups is 2. The second kappa shape index (κ2) is 4.91. The van der Waals surface area contributed by atoms with Gasteiger partial charge in [-0.15, -0.1) is 0 Å². The molecule has 4 heteroatoms. The Morgan fingerprint density at radius 1 is 1.62 bits per heavy atom. The Kier molecular flexibility index (Phi) is 4.12. The molecule has 1 saturated heterocycles. The highest BCUT2D eigenvalue weighted by Crippen LogP contribution is 2.23. The molecule has 0 aromatic heterocycles. The van der Waals surface area contributed by atoms with Gasteiger partial charge in [0, 0.05) is 13.0 Å². The Hall–Kier alpha value is -0.160. The van der Waals surface area contributed by atoms with E-state index in [0.717, 1.165) is 0 Å². The summed E-state index contributed by atoms with van der Waals surface area (Å²) in [4.78, 5) is 0. The first-order chi connectivity index (χ1) is 6.19. The molecule has 0 bridgehead atoms. The van der Waals surface area contributed by atoms with Gasteiger partial charge in [0.25, 0.3) is 0 Å². The summed E-state index contributed by atoms with van der Waals surface area (Å²) >= 11 is 0. The van der Waals surface area contributed by atoms with Crippen LogP contribution in [0.3, 0.4) is 0 Å². The Morgan fingerprint density at radius 3 is 2.77 bits per heavy atom. The maximum absolute atomic E-state index is 9.53. The van der Waals surface area contributed by atoms with E-state index in [2.05, 4.69) is 0 Å². The minimum Gasteiger partial charge on any atom is -0.393 e. The van der Waals surface area contributed by atoms with Crippen molar-refractivity contribution in [3.05, 3.63) is 0 Å². The van der Waals surface area contributed by atoms with E-state index in [9.17, 15) is 10.2 Å². The number of aliphatic hydroxyl groups excluding tert-OH is 2. The van der Waals surface area contributed by atoms with Gasteiger partial charge in [-0.2, -0.15) is 0 Å². The lowest BCUT2D eigenvalue weighted by molar-refractivity contribution is -0.223. The molecule has 2 N–H and O–H groups in total. The molecule has 0 spiro atoms. The molecular weight excluding hydrogens is 172 g/mol. The molecule has 0 aromatic rings. The second-order valence-corrected chi connectivity index (χ2v) is 3.48. The molecule has 0 aliphatic carbocycles. The van der Waals surface area contributed by atoms with E-state index >= 15 is 0 Å². The van der Waals surface area contributed by atoms with E-state index < -0.39 is 12.4 Å². The van der Waals surface area contributed by atoms with Crippen LogP contribution in [0, 0.1) is 5.92 Å². The van der Waals surface area contributed by atoms with E-state index in [1.165, 1.54) is 7.11 Å². The lowest BCUT2D eigenvalue weighted by Gasteiger charge is -2.34. The molecule has 1 aliphatic heterocycles. The predicted octanol–water partition coefficient (Wildman–Crippen LogP) is 0.127. The molecule has 1 rings (SSSR count). The van der Waals surface area contributed by atoms with Gasteiger partial charge >= 0.3 is 0 Å². The number of rotatable bonds is 3. The number of hydrogen-bond donors (Lipinski definition) is 2. The molecule has 1 fully saturated rings. The van der Waals surface area contributed by atoms with Crippen LogP contribution in [0.5, 0.6) is 0 Å². The maximum Gasteiger partial charge on any atom is 0.183 e. The standard InChI is InChI=1S/C9H18O4/c1-3-7(10)6-4-8(11)9(12-2)13-5-6/h6-11H,3-5H2,1-2H3. The fraction of sp³-hybridized carbons (Fsp3) is 1.00. The summed E-state index contributed by atoms with van der Waals surface area (Å²) in [5, 5.41) is 19.1. The fourth-order valence-corrected chi connectivity index (χ4v) is 1.65. The number of methoxy groups -OCH3 is 1. The largest absolute Gasteiger partial charge is 0.393 e. The molecule has 1 aliphatic rings. The molecule has 0 aromatic carbocycles. The van der Waals surface area contributed by atoms with Crippen LogP contribution >= 0.6 is 0 Å². The second-order valence-electron chi connectivity index (χ2n) is 3.48. The van der Waals surface area contributed by atoms with Crippen LogP contribution in [0.2, 0.25) is 0 Å². The zero-order valence-corrected chi connectivity index (χ0v) is 8.14. The van der Waals surface area contributed by atoms with E-state index in [0.29, 0.717) is 19.4 Å². The van der Waals surface area contributed by atoms with Crippen molar-refractivity contribution in [3.63, 3.8) is 0 Å². The van der Waals surface area contributed by atoms with Crippen molar-refractivity contribution in [2.75, 3.05) is 13.7 Å². The van der Waals surface area contributed by atoms with Gasteiger partial charge in [-0.1, -0.05) is 6.92 Å². The molecule has 78 valence electrons. The molecule has 4 unspecified atom stereocenters. The summed E-state index contributed by atoms with van der Waals surface area (Å²) in [5.74, 6) is 0.0337. The summed E-state index contributed by atoms with van der Waals surface area (Å²) in [6.07, 6.45) is -0.288. The lowest BCUT2D eigenvalue weighted by Crippen LogP contribution is -2.43. The van der Waals surface area contributed by atoms with E-state index in [1.807, 2.05) is 6.92 Å². The lowest BCUT2D eigenvalue weighted by atomic mass is 9.92. The van der Waals surface area contributed by atoms with E-state index in [-0.39, 0.29) is 12.0 Å². The maximum atomic E-state index is 9.53. The molecule has 1 heterocycles. The first-order valence-electron chi connectivity index (χ1n) is 4.69. The first kappa shape index (κ1) is 10.9. The smallest absolute Gasteiger partial charge is 0.183 e. The zero-order valence-electron chi connectivity index (χ0n) is 8.14. The average molecular weight is 190 g/mol. The molecule has 0 radical (unpaired) electrons. The van der Waals surface area contributed by atoms with Gasteiger partial charge < -0.3 is 19.7 Å². The summed E-state index contributed by atoms with van der Waals surface area (Å²) in [6.45, 7) is 2.38. The van der Waals surface area contributed by atoms with Gasteiger partial charge in [0.2, 0.25) is 0 Å². The highest BCUT2D eigenvalue weighted by molar-refractivity contribution is 4.77. The third-order valence-corrected chi connectivity index (χ3v) is 2.53. The quantitative estimate of drug-likeness (QED) is 0.664. The van der Waals surface area contributed by atoms with E-state index in [1.54, 1.807) is 0 Å². The SMILES string of the molecule is CCC(O)C1COC(OC)C(O)C1. The van der Waals surface area contributed by atoms with Crippen molar-refractivity contribution in [3.8, 4) is 0 Å². The Balaban J connectivity index is 2.40. The number of ether oxygens (including phenoxy) is 2. The average Bonchev–Trinajstić information content (AvgIpc) is 2.16. The van der Waals surface area contributed by atoms with Crippen molar-refractivity contribution in [1.29, 1.82) is 0 Å². The fourth-order valence-electron chi connectivity index (χ4n) is 1.65. The van der Waals surface area contributed by atoms with Crippen LogP contribution in [0.25, 0.3) is 0 Å². The van der Waals surface area contributed by atoms with Gasteiger partial charge in [0.1, 0.15) is 6.10 Å². The summed E-state index contributed by atoms with van der Waals surface area (Å²) in [7, 11) is 1.50. The monoisotopic (exact) mass is 190 g/mol. The van der Waals surface area contributed by atoms with Gasteiger partial charge in [-0.25, -0.2) is 0 Å². The van der Waals surface area contributed by atoms with Gasteiger partial charge in [-0.05, 0) is 12.8 Å². The van der Waals surface area contributed by atoms with Crippen molar-refractivity contribution in [2.24, 2.45) is 5.92 Å². The Morgan fingerprint density at radius 2 is 2.31 bits per heavy atom. The van der Waals surface area contributed by atoms with Gasteiger partial charge in [-0.3, -0.25) is 0 Å². The minimum absolute atomic E-state index is 0.0337. The first-order valence-corrected chi connectivity index (χ1v) is 4.69. The third-order valence-electron chi connectivity index (χ3n) is 2.53. The normalized spacial score (nSPS) is 37.4. The van der Waals surface area contributed by atoms with Gasteiger partial charge in [0.15, 0.2) is 6.29 Å². The van der Waals surface area contributed by atoms with Crippen molar-refractivity contribution in [1.82, 2.24) is 0 Å². The zero-order chi connectivity index (χ0) is 9.84. The van der Waals surface area contributed by atoms with Crippen LogP contribution in [0.15, 0.2) is 0 Å². The van der Waals surface area contributed by atoms with Crippen molar-refractivity contribution in [2.45, 2.75) is 38.3 Å². The Bertz CT molecular complexity index is 151. The Labute approximate surface area is 78.5 Å². The molecule has 0 amide bonds. The summed E-state index contributed by atoms with van der Waals surface area (Å²) in [6, 6.07) is 0. The summed E-state index contributed by atoms with van der Waals surface area (Å²) in [5.41, 5.74) is 0. The highest BCUT2D eigenvalue weighted by atomic mass is 16.7. The molecular formula is C9H18O4. The van der Waals surface area contributed by atoms with Crippen LogP contribution in [0.1, 0.15) is 19.8 Å². The van der Waals surface area contributed by atoms with E-state index in [4.69, 9.17) is 9.47 Å². The third kappa shape index (κ3) is 2.64. The van der Waals surface area contributed by atoms with Gasteiger partial charge in [0.05, 0.1) is 12.7 Å². The topological polar surface area (TPSA) is 58.9 Å². The molecule has 0 saturated carbocycles. The van der Waals surface area contributed by atoms with Crippen molar-refractivity contribution >= 4 is 0 Å². The number of hydrogen-bond acceptors (Lipinski definition) is 4. The van der Waals surface area contributed by atoms with Crippen LogP contribution in [0.4, 0.5) is 0 Å². The van der Waals surface area contributed by atoms with Crippen LogP contribution in [-0.2, 0) is 9.47 Å². The molecule has 4 atom stereocenters. The van der Waals surface area contributed by atoms with Crippen molar-refractivity contribution < 1.29 is 19.7 Å². The molecule has 4 nitrogen and oxygen atoms in total.